The molecule has 4 heteroatoms. The van der Waals surface area contributed by atoms with Gasteiger partial charge in [0.15, 0.2) is 0 Å². The highest BCUT2D eigenvalue weighted by molar-refractivity contribution is 5.94. The van der Waals surface area contributed by atoms with Gasteiger partial charge in [-0.25, -0.2) is 4.79 Å². The van der Waals surface area contributed by atoms with Gasteiger partial charge in [0.2, 0.25) is 5.91 Å². The van der Waals surface area contributed by atoms with Crippen LogP contribution < -0.4 is 0 Å². The van der Waals surface area contributed by atoms with Crippen LogP contribution in [0.15, 0.2) is 11.3 Å². The van der Waals surface area contributed by atoms with Crippen LogP contribution >= 0.6 is 0 Å². The first-order chi connectivity index (χ1) is 9.03. The molecule has 1 amide bonds. The van der Waals surface area contributed by atoms with Crippen LogP contribution in [0.5, 0.6) is 0 Å². The van der Waals surface area contributed by atoms with E-state index in [1.807, 2.05) is 4.90 Å². The van der Waals surface area contributed by atoms with Gasteiger partial charge in [-0.2, -0.15) is 0 Å². The van der Waals surface area contributed by atoms with Gasteiger partial charge in [-0.05, 0) is 44.9 Å². The number of hydrogen-bond acceptors (Lipinski definition) is 3. The minimum absolute atomic E-state index is 0.147. The maximum Gasteiger partial charge on any atom is 0.336 e. The number of nitrogens with zero attached hydrogens (tertiary/aromatic N) is 1. The Labute approximate surface area is 113 Å². The molecule has 0 aromatic carbocycles. The molecule has 0 aromatic heterocycles. The topological polar surface area (TPSA) is 46.6 Å². The number of carbonyl (C=O) groups excluding carboxylic acids is 2. The summed E-state index contributed by atoms with van der Waals surface area (Å²) in [6.07, 6.45) is 5.23. The van der Waals surface area contributed by atoms with E-state index in [2.05, 4.69) is 6.92 Å². The first-order valence-corrected chi connectivity index (χ1v) is 7.22. The number of cyclic esters (lactones) is 1. The second-order valence-corrected chi connectivity index (χ2v) is 6.32. The number of hydrogen-bond donors (Lipinski definition) is 0. The zero-order chi connectivity index (χ0) is 13.6. The molecule has 4 nitrogen and oxygen atoms in total. The van der Waals surface area contributed by atoms with E-state index in [0.29, 0.717) is 5.57 Å². The lowest BCUT2D eigenvalue weighted by Crippen LogP contribution is -2.37. The summed E-state index contributed by atoms with van der Waals surface area (Å²) in [4.78, 5) is 26.0. The molecule has 0 bridgehead atoms. The van der Waals surface area contributed by atoms with Crippen LogP contribution in [-0.4, -0.2) is 29.9 Å². The minimum atomic E-state index is -0.277. The number of amides is 1. The SMILES string of the molecule is CC1=C(N2CCC3(CCC(C)CC3)C2=O)COC1=O. The summed E-state index contributed by atoms with van der Waals surface area (Å²) >= 11 is 0. The van der Waals surface area contributed by atoms with Crippen molar-refractivity contribution in [2.75, 3.05) is 13.2 Å². The van der Waals surface area contributed by atoms with E-state index < -0.39 is 0 Å². The van der Waals surface area contributed by atoms with Crippen molar-refractivity contribution in [2.24, 2.45) is 11.3 Å². The quantitative estimate of drug-likeness (QED) is 0.682. The van der Waals surface area contributed by atoms with Gasteiger partial charge in [-0.3, -0.25) is 4.79 Å². The van der Waals surface area contributed by atoms with Gasteiger partial charge in [-0.1, -0.05) is 6.92 Å². The number of ether oxygens (including phenoxy) is 1. The van der Waals surface area contributed by atoms with E-state index in [1.54, 1.807) is 6.92 Å². The molecule has 2 heterocycles. The molecular formula is C15H21NO3. The average Bonchev–Trinajstić information content (AvgIpc) is 2.88. The Morgan fingerprint density at radius 2 is 1.89 bits per heavy atom. The summed E-state index contributed by atoms with van der Waals surface area (Å²) in [5.41, 5.74) is 1.26. The fraction of sp³-hybridized carbons (Fsp3) is 0.733. The van der Waals surface area contributed by atoms with Gasteiger partial charge in [0.1, 0.15) is 6.61 Å². The van der Waals surface area contributed by atoms with E-state index in [9.17, 15) is 9.59 Å². The highest BCUT2D eigenvalue weighted by atomic mass is 16.5. The third kappa shape index (κ3) is 1.88. The van der Waals surface area contributed by atoms with Gasteiger partial charge in [-0.15, -0.1) is 0 Å². The Morgan fingerprint density at radius 3 is 2.47 bits per heavy atom. The van der Waals surface area contributed by atoms with Crippen LogP contribution in [0.2, 0.25) is 0 Å². The smallest absolute Gasteiger partial charge is 0.336 e. The van der Waals surface area contributed by atoms with Gasteiger partial charge >= 0.3 is 5.97 Å². The summed E-state index contributed by atoms with van der Waals surface area (Å²) in [5, 5.41) is 0. The number of esters is 1. The molecule has 1 saturated carbocycles. The van der Waals surface area contributed by atoms with Crippen molar-refractivity contribution in [3.05, 3.63) is 11.3 Å². The monoisotopic (exact) mass is 263 g/mol. The molecule has 2 aliphatic heterocycles. The van der Waals surface area contributed by atoms with Crippen molar-refractivity contribution in [1.82, 2.24) is 4.90 Å². The maximum absolute atomic E-state index is 12.8. The number of likely N-dealkylation sites (tertiary alicyclic amines) is 1. The van der Waals surface area contributed by atoms with Crippen molar-refractivity contribution in [3.8, 4) is 0 Å². The summed E-state index contributed by atoms with van der Waals surface area (Å²) in [6.45, 7) is 5.03. The van der Waals surface area contributed by atoms with Gasteiger partial charge in [0.25, 0.3) is 0 Å². The molecule has 1 spiro atoms. The number of rotatable bonds is 1. The highest BCUT2D eigenvalue weighted by Gasteiger charge is 2.49. The van der Waals surface area contributed by atoms with Crippen LogP contribution in [-0.2, 0) is 14.3 Å². The normalized spacial score (nSPS) is 35.5. The highest BCUT2D eigenvalue weighted by Crippen LogP contribution is 2.47. The van der Waals surface area contributed by atoms with E-state index in [-0.39, 0.29) is 23.9 Å². The lowest BCUT2D eigenvalue weighted by Gasteiger charge is -2.34. The average molecular weight is 263 g/mol. The van der Waals surface area contributed by atoms with Crippen LogP contribution in [0.1, 0.15) is 46.0 Å². The molecule has 1 aliphatic carbocycles. The van der Waals surface area contributed by atoms with Crippen molar-refractivity contribution >= 4 is 11.9 Å². The van der Waals surface area contributed by atoms with Gasteiger partial charge in [0, 0.05) is 6.54 Å². The van der Waals surface area contributed by atoms with Crippen molar-refractivity contribution in [3.63, 3.8) is 0 Å². The summed E-state index contributed by atoms with van der Waals surface area (Å²) in [5.74, 6) is 0.692. The Kier molecular flexibility index (Phi) is 2.91. The van der Waals surface area contributed by atoms with Gasteiger partial charge < -0.3 is 9.64 Å². The molecule has 19 heavy (non-hydrogen) atoms. The summed E-state index contributed by atoms with van der Waals surface area (Å²) < 4.78 is 5.02. The molecule has 2 fully saturated rings. The van der Waals surface area contributed by atoms with Crippen LogP contribution in [0, 0.1) is 11.3 Å². The van der Waals surface area contributed by atoms with Crippen LogP contribution in [0.4, 0.5) is 0 Å². The molecule has 0 unspecified atom stereocenters. The molecular weight excluding hydrogens is 242 g/mol. The van der Waals surface area contributed by atoms with Crippen LogP contribution in [0.25, 0.3) is 0 Å². The first-order valence-electron chi connectivity index (χ1n) is 7.22. The molecule has 3 rings (SSSR count). The zero-order valence-electron chi connectivity index (χ0n) is 11.7. The van der Waals surface area contributed by atoms with Crippen molar-refractivity contribution in [2.45, 2.75) is 46.0 Å². The predicted octanol–water partition coefficient (Wildman–Crippen LogP) is 2.25. The van der Waals surface area contributed by atoms with Crippen molar-refractivity contribution < 1.29 is 14.3 Å². The van der Waals surface area contributed by atoms with Crippen molar-refractivity contribution in [1.29, 1.82) is 0 Å². The number of carbonyl (C=O) groups is 2. The second kappa shape index (κ2) is 4.36. The molecule has 0 aromatic rings. The van der Waals surface area contributed by atoms with E-state index in [0.717, 1.165) is 50.3 Å². The van der Waals surface area contributed by atoms with E-state index >= 15 is 0 Å². The Bertz CT molecular complexity index is 458. The lowest BCUT2D eigenvalue weighted by atomic mass is 9.70. The van der Waals surface area contributed by atoms with Gasteiger partial charge in [0.05, 0.1) is 16.7 Å². The Balaban J connectivity index is 1.81. The fourth-order valence-corrected chi connectivity index (χ4v) is 3.61. The summed E-state index contributed by atoms with van der Waals surface area (Å²) in [6, 6.07) is 0. The standard InChI is InChI=1S/C15H21NO3/c1-10-3-5-15(6-4-10)7-8-16(14(15)18)12-9-19-13(17)11(12)2/h10H,3-9H2,1-2H3. The third-order valence-corrected chi connectivity index (χ3v) is 5.15. The zero-order valence-corrected chi connectivity index (χ0v) is 11.7. The molecule has 1 saturated heterocycles. The predicted molar refractivity (Wildman–Crippen MR) is 70.1 cm³/mol. The molecule has 0 radical (unpaired) electrons. The molecule has 3 aliphatic rings. The largest absolute Gasteiger partial charge is 0.456 e. The Morgan fingerprint density at radius 1 is 1.21 bits per heavy atom. The molecule has 104 valence electrons. The lowest BCUT2D eigenvalue weighted by molar-refractivity contribution is -0.138. The maximum atomic E-state index is 12.8. The first kappa shape index (κ1) is 12.7. The van der Waals surface area contributed by atoms with E-state index in [1.165, 1.54) is 0 Å². The Hall–Kier alpha value is -1.32. The van der Waals surface area contributed by atoms with Crippen LogP contribution in [0.3, 0.4) is 0 Å². The fourth-order valence-electron chi connectivity index (χ4n) is 3.61. The van der Waals surface area contributed by atoms with E-state index in [4.69, 9.17) is 4.74 Å². The molecule has 0 atom stereocenters. The second-order valence-electron chi connectivity index (χ2n) is 6.32. The third-order valence-electron chi connectivity index (χ3n) is 5.15. The summed E-state index contributed by atoms with van der Waals surface area (Å²) in [7, 11) is 0. The minimum Gasteiger partial charge on any atom is -0.456 e. The molecule has 0 N–H and O–H groups in total.